The van der Waals surface area contributed by atoms with Crippen LogP contribution in [0.3, 0.4) is 0 Å². The summed E-state index contributed by atoms with van der Waals surface area (Å²) in [6.45, 7) is 0.794. The molecule has 1 N–H and O–H groups in total. The second-order valence-corrected chi connectivity index (χ2v) is 6.34. The van der Waals surface area contributed by atoms with Crippen LogP contribution in [0, 0.1) is 0 Å². The third-order valence-corrected chi connectivity index (χ3v) is 4.29. The number of methoxy groups -OCH3 is 1. The average Bonchev–Trinajstić information content (AvgIpc) is 2.72. The molecule has 1 amide bonds. The quantitative estimate of drug-likeness (QED) is 0.636. The number of nitrogens with one attached hydrogen (secondary N) is 1. The maximum absolute atomic E-state index is 12.5. The van der Waals surface area contributed by atoms with Crippen molar-refractivity contribution in [2.45, 2.75) is 13.2 Å². The first kappa shape index (κ1) is 18.8. The van der Waals surface area contributed by atoms with E-state index < -0.39 is 0 Å². The lowest BCUT2D eigenvalue weighted by atomic mass is 10.1. The summed E-state index contributed by atoms with van der Waals surface area (Å²) in [4.78, 5) is 12.5. The molecule has 0 aliphatic rings. The van der Waals surface area contributed by atoms with Crippen molar-refractivity contribution < 1.29 is 14.3 Å². The van der Waals surface area contributed by atoms with Gasteiger partial charge in [0.1, 0.15) is 6.61 Å². The normalized spacial score (nSPS) is 10.3. The Hall–Kier alpha value is -2.98. The molecular weight excluding hydrogens is 362 g/mol. The number of hydrogen-bond acceptors (Lipinski definition) is 3. The molecule has 3 aromatic rings. The van der Waals surface area contributed by atoms with Crippen LogP contribution in [-0.2, 0) is 13.2 Å². The summed E-state index contributed by atoms with van der Waals surface area (Å²) in [5.41, 5.74) is 2.45. The van der Waals surface area contributed by atoms with Gasteiger partial charge in [0.15, 0.2) is 11.5 Å². The van der Waals surface area contributed by atoms with Gasteiger partial charge in [-0.05, 0) is 23.3 Å². The van der Waals surface area contributed by atoms with Gasteiger partial charge in [-0.2, -0.15) is 0 Å². The van der Waals surface area contributed by atoms with Crippen LogP contribution in [0.25, 0.3) is 0 Å². The smallest absolute Gasteiger partial charge is 0.251 e. The van der Waals surface area contributed by atoms with Gasteiger partial charge < -0.3 is 14.8 Å². The summed E-state index contributed by atoms with van der Waals surface area (Å²) in [5, 5.41) is 3.21. The molecule has 0 aliphatic carbocycles. The van der Waals surface area contributed by atoms with Crippen LogP contribution in [0.5, 0.6) is 11.5 Å². The van der Waals surface area contributed by atoms with Gasteiger partial charge in [-0.25, -0.2) is 0 Å². The van der Waals surface area contributed by atoms with Gasteiger partial charge in [0.2, 0.25) is 0 Å². The summed E-state index contributed by atoms with van der Waals surface area (Å²) >= 11 is 6.36. The van der Waals surface area contributed by atoms with Crippen molar-refractivity contribution in [3.63, 3.8) is 0 Å². The Balaban J connectivity index is 1.71. The fraction of sp³-hybridized carbons (Fsp3) is 0.136. The number of carbonyl (C=O) groups is 1. The lowest BCUT2D eigenvalue weighted by Gasteiger charge is -2.14. The minimum atomic E-state index is -0.228. The molecule has 3 rings (SSSR count). The van der Waals surface area contributed by atoms with Crippen molar-refractivity contribution in [3.8, 4) is 11.5 Å². The lowest BCUT2D eigenvalue weighted by Crippen LogP contribution is -2.22. The van der Waals surface area contributed by atoms with E-state index in [0.29, 0.717) is 35.2 Å². The van der Waals surface area contributed by atoms with E-state index in [1.165, 1.54) is 7.11 Å². The molecule has 5 heteroatoms. The molecule has 0 heterocycles. The van der Waals surface area contributed by atoms with E-state index in [-0.39, 0.29) is 5.91 Å². The predicted molar refractivity (Wildman–Crippen MR) is 106 cm³/mol. The van der Waals surface area contributed by atoms with Crippen LogP contribution in [0.2, 0.25) is 5.02 Å². The van der Waals surface area contributed by atoms with Crippen LogP contribution in [0.1, 0.15) is 21.5 Å². The minimum Gasteiger partial charge on any atom is -0.493 e. The van der Waals surface area contributed by atoms with E-state index in [4.69, 9.17) is 21.1 Å². The molecule has 3 aromatic carbocycles. The zero-order chi connectivity index (χ0) is 19.1. The van der Waals surface area contributed by atoms with Gasteiger partial charge in [0.25, 0.3) is 5.91 Å². The van der Waals surface area contributed by atoms with Crippen molar-refractivity contribution in [2.75, 3.05) is 7.11 Å². The molecule has 0 unspecified atom stereocenters. The monoisotopic (exact) mass is 381 g/mol. The summed E-state index contributed by atoms with van der Waals surface area (Å²) < 4.78 is 11.2. The molecule has 0 saturated carbocycles. The standard InChI is InChI=1S/C22H20ClNO3/c1-26-20-13-18(22(25)24-14-16-8-4-2-5-9-16)12-19(23)21(20)27-15-17-10-6-3-7-11-17/h2-13H,14-15H2,1H3,(H,24,25). The summed E-state index contributed by atoms with van der Waals surface area (Å²) in [6.07, 6.45) is 0. The fourth-order valence-electron chi connectivity index (χ4n) is 2.60. The Morgan fingerprint density at radius 3 is 2.22 bits per heavy atom. The number of carbonyl (C=O) groups excluding carboxylic acids is 1. The van der Waals surface area contributed by atoms with Crippen molar-refractivity contribution in [3.05, 3.63) is 94.5 Å². The van der Waals surface area contributed by atoms with Gasteiger partial charge in [-0.3, -0.25) is 4.79 Å². The van der Waals surface area contributed by atoms with Crippen molar-refractivity contribution in [1.82, 2.24) is 5.32 Å². The molecule has 0 aromatic heterocycles. The molecule has 0 bridgehead atoms. The highest BCUT2D eigenvalue weighted by Crippen LogP contribution is 2.37. The number of ether oxygens (including phenoxy) is 2. The van der Waals surface area contributed by atoms with Gasteiger partial charge in [-0.1, -0.05) is 72.3 Å². The molecule has 4 nitrogen and oxygen atoms in total. The zero-order valence-electron chi connectivity index (χ0n) is 14.9. The summed E-state index contributed by atoms with van der Waals surface area (Å²) in [6, 6.07) is 22.7. The van der Waals surface area contributed by atoms with E-state index in [1.54, 1.807) is 12.1 Å². The number of rotatable bonds is 7. The van der Waals surface area contributed by atoms with Gasteiger partial charge in [0, 0.05) is 12.1 Å². The van der Waals surface area contributed by atoms with E-state index in [2.05, 4.69) is 5.32 Å². The first-order valence-electron chi connectivity index (χ1n) is 8.54. The summed E-state index contributed by atoms with van der Waals surface area (Å²) in [7, 11) is 1.52. The molecule has 0 atom stereocenters. The Morgan fingerprint density at radius 1 is 0.963 bits per heavy atom. The number of hydrogen-bond donors (Lipinski definition) is 1. The molecule has 0 saturated heterocycles. The molecule has 0 fully saturated rings. The SMILES string of the molecule is COc1cc(C(=O)NCc2ccccc2)cc(Cl)c1OCc1ccccc1. The van der Waals surface area contributed by atoms with Crippen LogP contribution in [0.15, 0.2) is 72.8 Å². The minimum absolute atomic E-state index is 0.228. The second kappa shape index (κ2) is 9.10. The highest BCUT2D eigenvalue weighted by molar-refractivity contribution is 6.32. The van der Waals surface area contributed by atoms with E-state index in [1.807, 2.05) is 60.7 Å². The maximum Gasteiger partial charge on any atom is 0.251 e. The fourth-order valence-corrected chi connectivity index (χ4v) is 2.87. The van der Waals surface area contributed by atoms with E-state index in [0.717, 1.165) is 11.1 Å². The number of halogens is 1. The number of benzene rings is 3. The highest BCUT2D eigenvalue weighted by atomic mass is 35.5. The third kappa shape index (κ3) is 5.02. The molecule has 138 valence electrons. The average molecular weight is 382 g/mol. The molecular formula is C22H20ClNO3. The van der Waals surface area contributed by atoms with Crippen molar-refractivity contribution in [1.29, 1.82) is 0 Å². The van der Waals surface area contributed by atoms with E-state index >= 15 is 0 Å². The van der Waals surface area contributed by atoms with Crippen molar-refractivity contribution >= 4 is 17.5 Å². The highest BCUT2D eigenvalue weighted by Gasteiger charge is 2.16. The predicted octanol–water partition coefficient (Wildman–Crippen LogP) is 4.86. The molecule has 27 heavy (non-hydrogen) atoms. The Bertz CT molecular complexity index is 898. The molecule has 0 spiro atoms. The van der Waals surface area contributed by atoms with Crippen LogP contribution in [-0.4, -0.2) is 13.0 Å². The zero-order valence-corrected chi connectivity index (χ0v) is 15.7. The van der Waals surface area contributed by atoms with E-state index in [9.17, 15) is 4.79 Å². The van der Waals surface area contributed by atoms with Crippen LogP contribution >= 0.6 is 11.6 Å². The van der Waals surface area contributed by atoms with Crippen LogP contribution < -0.4 is 14.8 Å². The Kier molecular flexibility index (Phi) is 6.34. The third-order valence-electron chi connectivity index (χ3n) is 4.01. The van der Waals surface area contributed by atoms with Gasteiger partial charge in [0.05, 0.1) is 12.1 Å². The van der Waals surface area contributed by atoms with Gasteiger partial charge >= 0.3 is 0 Å². The Labute approximate surface area is 163 Å². The molecule has 0 aliphatic heterocycles. The largest absolute Gasteiger partial charge is 0.493 e. The lowest BCUT2D eigenvalue weighted by molar-refractivity contribution is 0.0950. The maximum atomic E-state index is 12.5. The second-order valence-electron chi connectivity index (χ2n) is 5.93. The van der Waals surface area contributed by atoms with Gasteiger partial charge in [-0.15, -0.1) is 0 Å². The first-order chi connectivity index (χ1) is 13.2. The van der Waals surface area contributed by atoms with Crippen LogP contribution in [0.4, 0.5) is 0 Å². The first-order valence-corrected chi connectivity index (χ1v) is 8.91. The van der Waals surface area contributed by atoms with Crippen molar-refractivity contribution in [2.24, 2.45) is 0 Å². The topological polar surface area (TPSA) is 47.6 Å². The summed E-state index contributed by atoms with van der Waals surface area (Å²) in [5.74, 6) is 0.611. The molecule has 0 radical (unpaired) electrons. The number of amides is 1. The Morgan fingerprint density at radius 2 is 1.59 bits per heavy atom.